The van der Waals surface area contributed by atoms with Gasteiger partial charge >= 0.3 is 6.03 Å². The van der Waals surface area contributed by atoms with Crippen molar-refractivity contribution < 1.29 is 9.59 Å². The molecule has 0 aliphatic carbocycles. The van der Waals surface area contributed by atoms with Gasteiger partial charge in [0, 0.05) is 31.6 Å². The average Bonchev–Trinajstić information content (AvgIpc) is 3.25. The van der Waals surface area contributed by atoms with E-state index in [1.54, 1.807) is 9.58 Å². The zero-order valence-electron chi connectivity index (χ0n) is 14.9. The zero-order valence-corrected chi connectivity index (χ0v) is 15.7. The normalized spacial score (nSPS) is 17.6. The Morgan fingerprint density at radius 3 is 2.88 bits per heavy atom. The van der Waals surface area contributed by atoms with Crippen LogP contribution < -0.4 is 5.32 Å². The number of rotatable bonds is 4. The standard InChI is InChI=1S/C18H24N4O2S/c1-4-14-12(2)17(21(3)20-14)19-18(24)22-9-5-7-13(11-22)16(23)15-8-6-10-25-15/h6,8,10,13H,4-5,7,9,11H2,1-3H3,(H,19,24)/t13-/m0/s1. The highest BCUT2D eigenvalue weighted by molar-refractivity contribution is 7.12. The van der Waals surface area contributed by atoms with Crippen LogP contribution in [0.1, 0.15) is 40.7 Å². The fourth-order valence-electron chi connectivity index (χ4n) is 3.37. The summed E-state index contributed by atoms with van der Waals surface area (Å²) in [5, 5.41) is 9.32. The smallest absolute Gasteiger partial charge is 0.323 e. The Balaban J connectivity index is 1.68. The van der Waals surface area contributed by atoms with E-state index in [-0.39, 0.29) is 17.7 Å². The molecule has 1 N–H and O–H groups in total. The third-order valence-electron chi connectivity index (χ3n) is 4.79. The van der Waals surface area contributed by atoms with Crippen LogP contribution in [0.4, 0.5) is 10.6 Å². The summed E-state index contributed by atoms with van der Waals surface area (Å²) in [5.41, 5.74) is 1.99. The molecule has 7 heteroatoms. The molecule has 6 nitrogen and oxygen atoms in total. The van der Waals surface area contributed by atoms with E-state index in [0.29, 0.717) is 13.1 Å². The molecule has 0 spiro atoms. The predicted octanol–water partition coefficient (Wildman–Crippen LogP) is 3.48. The summed E-state index contributed by atoms with van der Waals surface area (Å²) in [4.78, 5) is 27.8. The van der Waals surface area contributed by atoms with Crippen molar-refractivity contribution in [3.05, 3.63) is 33.6 Å². The molecule has 1 fully saturated rings. The third kappa shape index (κ3) is 3.61. The molecule has 0 saturated carbocycles. The Bertz CT molecular complexity index is 766. The number of ketones is 1. The van der Waals surface area contributed by atoms with Gasteiger partial charge in [0.15, 0.2) is 5.78 Å². The molecule has 2 aromatic rings. The number of hydrogen-bond donors (Lipinski definition) is 1. The van der Waals surface area contributed by atoms with E-state index in [9.17, 15) is 9.59 Å². The number of aryl methyl sites for hydroxylation is 2. The molecule has 2 aromatic heterocycles. The quantitative estimate of drug-likeness (QED) is 0.849. The summed E-state index contributed by atoms with van der Waals surface area (Å²) < 4.78 is 1.71. The number of Topliss-reactive ketones (excluding diaryl/α,β-unsaturated/α-hetero) is 1. The highest BCUT2D eigenvalue weighted by Gasteiger charge is 2.30. The predicted molar refractivity (Wildman–Crippen MR) is 99.3 cm³/mol. The maximum Gasteiger partial charge on any atom is 0.323 e. The van der Waals surface area contributed by atoms with Gasteiger partial charge in [-0.25, -0.2) is 4.79 Å². The van der Waals surface area contributed by atoms with Crippen molar-refractivity contribution in [2.45, 2.75) is 33.1 Å². The summed E-state index contributed by atoms with van der Waals surface area (Å²) in [6.45, 7) is 5.17. The number of carbonyl (C=O) groups is 2. The molecule has 25 heavy (non-hydrogen) atoms. The number of aromatic nitrogens is 2. The van der Waals surface area contributed by atoms with Gasteiger partial charge in [-0.05, 0) is 37.6 Å². The van der Waals surface area contributed by atoms with Crippen molar-refractivity contribution in [2.75, 3.05) is 18.4 Å². The van der Waals surface area contributed by atoms with Crippen LogP contribution in [0.25, 0.3) is 0 Å². The minimum atomic E-state index is -0.155. The first kappa shape index (κ1) is 17.7. The van der Waals surface area contributed by atoms with E-state index in [1.165, 1.54) is 11.3 Å². The van der Waals surface area contributed by atoms with Crippen LogP contribution in [0.5, 0.6) is 0 Å². The third-order valence-corrected chi connectivity index (χ3v) is 5.67. The number of piperidine rings is 1. The Kier molecular flexibility index (Phi) is 5.22. The second kappa shape index (κ2) is 7.39. The molecule has 1 aliphatic heterocycles. The lowest BCUT2D eigenvalue weighted by atomic mass is 9.93. The van der Waals surface area contributed by atoms with Gasteiger partial charge in [0.1, 0.15) is 5.82 Å². The highest BCUT2D eigenvalue weighted by atomic mass is 32.1. The number of urea groups is 1. The molecular formula is C18H24N4O2S. The summed E-state index contributed by atoms with van der Waals surface area (Å²) in [5.74, 6) is 0.767. The van der Waals surface area contributed by atoms with Crippen molar-refractivity contribution >= 4 is 29.0 Å². The fourth-order valence-corrected chi connectivity index (χ4v) is 4.12. The molecule has 1 aliphatic rings. The van der Waals surface area contributed by atoms with Crippen LogP contribution in [0.3, 0.4) is 0 Å². The van der Waals surface area contributed by atoms with Crippen molar-refractivity contribution in [1.82, 2.24) is 14.7 Å². The first-order chi connectivity index (χ1) is 12.0. The van der Waals surface area contributed by atoms with Crippen molar-refractivity contribution in [3.8, 4) is 0 Å². The molecule has 1 saturated heterocycles. The van der Waals surface area contributed by atoms with E-state index in [2.05, 4.69) is 10.4 Å². The summed E-state index contributed by atoms with van der Waals surface area (Å²) in [7, 11) is 1.83. The maximum atomic E-state index is 12.7. The molecule has 0 aromatic carbocycles. The summed E-state index contributed by atoms with van der Waals surface area (Å²) in [6, 6.07) is 3.59. The lowest BCUT2D eigenvalue weighted by molar-refractivity contribution is 0.0855. The second-order valence-corrected chi connectivity index (χ2v) is 7.40. The van der Waals surface area contributed by atoms with Crippen LogP contribution in [-0.4, -0.2) is 39.6 Å². The number of nitrogens with zero attached hydrogens (tertiary/aromatic N) is 3. The van der Waals surface area contributed by atoms with Crippen LogP contribution >= 0.6 is 11.3 Å². The van der Waals surface area contributed by atoms with E-state index < -0.39 is 0 Å². The Morgan fingerprint density at radius 2 is 2.24 bits per heavy atom. The molecule has 0 radical (unpaired) electrons. The van der Waals surface area contributed by atoms with E-state index in [4.69, 9.17) is 0 Å². The molecular weight excluding hydrogens is 336 g/mol. The summed E-state index contributed by atoms with van der Waals surface area (Å²) >= 11 is 1.47. The van der Waals surface area contributed by atoms with Crippen LogP contribution in [-0.2, 0) is 13.5 Å². The van der Waals surface area contributed by atoms with Gasteiger partial charge in [-0.3, -0.25) is 14.8 Å². The van der Waals surface area contributed by atoms with Crippen molar-refractivity contribution in [3.63, 3.8) is 0 Å². The number of nitrogens with one attached hydrogen (secondary N) is 1. The molecule has 0 unspecified atom stereocenters. The number of anilines is 1. The highest BCUT2D eigenvalue weighted by Crippen LogP contribution is 2.24. The van der Waals surface area contributed by atoms with E-state index >= 15 is 0 Å². The second-order valence-electron chi connectivity index (χ2n) is 6.45. The lowest BCUT2D eigenvalue weighted by Crippen LogP contribution is -2.44. The number of amides is 2. The van der Waals surface area contributed by atoms with E-state index in [0.717, 1.165) is 41.2 Å². The molecule has 1 atom stereocenters. The number of thiophene rings is 1. The molecule has 3 heterocycles. The molecule has 0 bridgehead atoms. The van der Waals surface area contributed by atoms with Crippen LogP contribution in [0.15, 0.2) is 17.5 Å². The van der Waals surface area contributed by atoms with Gasteiger partial charge in [-0.15, -0.1) is 11.3 Å². The minimum Gasteiger partial charge on any atom is -0.324 e. The Morgan fingerprint density at radius 1 is 1.44 bits per heavy atom. The molecule has 3 rings (SSSR count). The van der Waals surface area contributed by atoms with Crippen molar-refractivity contribution in [1.29, 1.82) is 0 Å². The summed E-state index contributed by atoms with van der Waals surface area (Å²) in [6.07, 6.45) is 2.52. The fraction of sp³-hybridized carbons (Fsp3) is 0.500. The lowest BCUT2D eigenvalue weighted by Gasteiger charge is -2.31. The van der Waals surface area contributed by atoms with E-state index in [1.807, 2.05) is 38.4 Å². The van der Waals surface area contributed by atoms with Crippen LogP contribution in [0.2, 0.25) is 0 Å². The maximum absolute atomic E-state index is 12.7. The SMILES string of the molecule is CCc1nn(C)c(NC(=O)N2CCC[C@H](C(=O)c3cccs3)C2)c1C. The molecule has 2 amide bonds. The largest absolute Gasteiger partial charge is 0.324 e. The van der Waals surface area contributed by atoms with Gasteiger partial charge in [0.25, 0.3) is 0 Å². The Hall–Kier alpha value is -2.15. The monoisotopic (exact) mass is 360 g/mol. The van der Waals surface area contributed by atoms with Gasteiger partial charge in [-0.2, -0.15) is 5.10 Å². The topological polar surface area (TPSA) is 67.2 Å². The van der Waals surface area contributed by atoms with Gasteiger partial charge in [0.05, 0.1) is 10.6 Å². The number of likely N-dealkylation sites (tertiary alicyclic amines) is 1. The number of hydrogen-bond acceptors (Lipinski definition) is 4. The van der Waals surface area contributed by atoms with Gasteiger partial charge in [0.2, 0.25) is 0 Å². The first-order valence-electron chi connectivity index (χ1n) is 8.67. The Labute approximate surface area is 151 Å². The van der Waals surface area contributed by atoms with Crippen molar-refractivity contribution in [2.24, 2.45) is 13.0 Å². The van der Waals surface area contributed by atoms with Crippen LogP contribution in [0, 0.1) is 12.8 Å². The number of carbonyl (C=O) groups excluding carboxylic acids is 2. The zero-order chi connectivity index (χ0) is 18.0. The minimum absolute atomic E-state index is 0.114. The first-order valence-corrected chi connectivity index (χ1v) is 9.55. The molecule has 134 valence electrons. The van der Waals surface area contributed by atoms with Gasteiger partial charge in [-0.1, -0.05) is 13.0 Å². The van der Waals surface area contributed by atoms with Gasteiger partial charge < -0.3 is 4.90 Å². The average molecular weight is 360 g/mol.